The Bertz CT molecular complexity index is 337. The Morgan fingerprint density at radius 1 is 1.69 bits per heavy atom. The summed E-state index contributed by atoms with van der Waals surface area (Å²) in [6.45, 7) is 4.49. The van der Waals surface area contributed by atoms with Crippen molar-refractivity contribution in [1.29, 1.82) is 0 Å². The molecule has 1 aromatic rings. The van der Waals surface area contributed by atoms with Gasteiger partial charge in [0.25, 0.3) is 0 Å². The maximum Gasteiger partial charge on any atom is 0.163 e. The Labute approximate surface area is 77.7 Å². The summed E-state index contributed by atoms with van der Waals surface area (Å²) in [5.74, 6) is 0.702. The maximum atomic E-state index is 11.3. The molecule has 0 N–H and O–H groups in total. The van der Waals surface area contributed by atoms with E-state index in [1.54, 1.807) is 6.92 Å². The molecule has 0 atom stereocenters. The Kier molecular flexibility index (Phi) is 1.94. The highest BCUT2D eigenvalue weighted by molar-refractivity contribution is 5.95. The van der Waals surface area contributed by atoms with E-state index in [2.05, 4.69) is 5.10 Å². The molecule has 0 spiro atoms. The fourth-order valence-corrected chi connectivity index (χ4v) is 1.53. The summed E-state index contributed by atoms with van der Waals surface area (Å²) in [5.41, 5.74) is 1.85. The smallest absolute Gasteiger partial charge is 0.163 e. The summed E-state index contributed by atoms with van der Waals surface area (Å²) < 4.78 is 1.85. The van der Waals surface area contributed by atoms with Crippen LogP contribution in [0.1, 0.15) is 48.7 Å². The van der Waals surface area contributed by atoms with Crippen LogP contribution in [0.5, 0.6) is 0 Å². The minimum Gasteiger partial charge on any atom is -0.294 e. The molecule has 0 saturated heterocycles. The lowest BCUT2D eigenvalue weighted by molar-refractivity contribution is 0.101. The molecule has 1 fully saturated rings. The summed E-state index contributed by atoms with van der Waals surface area (Å²) in [6.07, 6.45) is 4.26. The fraction of sp³-hybridized carbons (Fsp3) is 0.600. The van der Waals surface area contributed by atoms with Gasteiger partial charge in [-0.15, -0.1) is 0 Å². The number of carbonyl (C=O) groups is 1. The number of Topliss-reactive ketones (excluding diaryl/α,β-unsaturated/α-hetero) is 1. The van der Waals surface area contributed by atoms with Crippen LogP contribution in [-0.2, 0) is 6.54 Å². The first-order valence-corrected chi connectivity index (χ1v) is 4.80. The number of carbonyl (C=O) groups excluding carboxylic acids is 1. The van der Waals surface area contributed by atoms with E-state index >= 15 is 0 Å². The van der Waals surface area contributed by atoms with Gasteiger partial charge >= 0.3 is 0 Å². The van der Waals surface area contributed by atoms with Crippen molar-refractivity contribution in [2.45, 2.75) is 39.2 Å². The zero-order chi connectivity index (χ0) is 9.42. The Balaban J connectivity index is 2.39. The van der Waals surface area contributed by atoms with Crippen molar-refractivity contribution >= 4 is 5.78 Å². The van der Waals surface area contributed by atoms with E-state index in [4.69, 9.17) is 0 Å². The molecule has 3 nitrogen and oxygen atoms in total. The van der Waals surface area contributed by atoms with Crippen molar-refractivity contribution in [2.75, 3.05) is 0 Å². The first-order valence-electron chi connectivity index (χ1n) is 4.80. The molecule has 0 aliphatic heterocycles. The summed E-state index contributed by atoms with van der Waals surface area (Å²) >= 11 is 0. The third-order valence-corrected chi connectivity index (χ3v) is 2.46. The Hall–Kier alpha value is -1.12. The van der Waals surface area contributed by atoms with Crippen molar-refractivity contribution in [3.8, 4) is 0 Å². The van der Waals surface area contributed by atoms with Crippen molar-refractivity contribution in [2.24, 2.45) is 0 Å². The van der Waals surface area contributed by atoms with Gasteiger partial charge in [-0.1, -0.05) is 0 Å². The molecule has 1 heterocycles. The van der Waals surface area contributed by atoms with Crippen molar-refractivity contribution < 1.29 is 4.79 Å². The van der Waals surface area contributed by atoms with Gasteiger partial charge in [-0.2, -0.15) is 5.10 Å². The van der Waals surface area contributed by atoms with Crippen LogP contribution in [0, 0.1) is 0 Å². The minimum atomic E-state index is 0.140. The molecule has 0 radical (unpaired) electrons. The van der Waals surface area contributed by atoms with Gasteiger partial charge in [0.15, 0.2) is 5.78 Å². The molecular formula is C10H14N2O. The lowest BCUT2D eigenvalue weighted by atomic mass is 10.1. The van der Waals surface area contributed by atoms with E-state index < -0.39 is 0 Å². The number of rotatable bonds is 3. The van der Waals surface area contributed by atoms with Crippen LogP contribution in [0.15, 0.2) is 6.20 Å². The summed E-state index contributed by atoms with van der Waals surface area (Å²) in [7, 11) is 0. The summed E-state index contributed by atoms with van der Waals surface area (Å²) in [5, 5.41) is 4.41. The van der Waals surface area contributed by atoms with Crippen LogP contribution in [0.4, 0.5) is 0 Å². The van der Waals surface area contributed by atoms with Gasteiger partial charge in [-0.25, -0.2) is 0 Å². The standard InChI is InChI=1S/C10H14N2O/c1-3-12-6-9(7(2)13)10(11-12)8-4-5-8/h6,8H,3-5H2,1-2H3. The van der Waals surface area contributed by atoms with E-state index in [1.165, 1.54) is 12.8 Å². The second-order valence-corrected chi connectivity index (χ2v) is 3.61. The molecule has 70 valence electrons. The average Bonchev–Trinajstić information content (AvgIpc) is 2.84. The van der Waals surface area contributed by atoms with E-state index in [9.17, 15) is 4.79 Å². The number of ketones is 1. The first kappa shape index (κ1) is 8.48. The third-order valence-electron chi connectivity index (χ3n) is 2.46. The number of nitrogens with zero attached hydrogens (tertiary/aromatic N) is 2. The maximum absolute atomic E-state index is 11.3. The molecule has 0 bridgehead atoms. The van der Waals surface area contributed by atoms with Crippen LogP contribution >= 0.6 is 0 Å². The lowest BCUT2D eigenvalue weighted by Crippen LogP contribution is -1.95. The highest BCUT2D eigenvalue weighted by Crippen LogP contribution is 2.40. The lowest BCUT2D eigenvalue weighted by Gasteiger charge is -1.93. The van der Waals surface area contributed by atoms with Gasteiger partial charge in [-0.3, -0.25) is 9.48 Å². The molecular weight excluding hydrogens is 164 g/mol. The molecule has 3 heteroatoms. The number of aryl methyl sites for hydroxylation is 1. The van der Waals surface area contributed by atoms with Crippen LogP contribution < -0.4 is 0 Å². The van der Waals surface area contributed by atoms with Crippen molar-refractivity contribution in [3.63, 3.8) is 0 Å². The normalized spacial score (nSPS) is 16.2. The van der Waals surface area contributed by atoms with Crippen LogP contribution in [0.25, 0.3) is 0 Å². The predicted molar refractivity (Wildman–Crippen MR) is 49.9 cm³/mol. The quantitative estimate of drug-likeness (QED) is 0.663. The summed E-state index contributed by atoms with van der Waals surface area (Å²) in [6, 6.07) is 0. The highest BCUT2D eigenvalue weighted by Gasteiger charge is 2.30. The van der Waals surface area contributed by atoms with Gasteiger partial charge in [0, 0.05) is 18.7 Å². The van der Waals surface area contributed by atoms with Crippen molar-refractivity contribution in [3.05, 3.63) is 17.5 Å². The predicted octanol–water partition coefficient (Wildman–Crippen LogP) is 1.98. The second-order valence-electron chi connectivity index (χ2n) is 3.61. The molecule has 1 saturated carbocycles. The molecule has 1 aliphatic carbocycles. The number of aromatic nitrogens is 2. The number of hydrogen-bond acceptors (Lipinski definition) is 2. The monoisotopic (exact) mass is 178 g/mol. The van der Waals surface area contributed by atoms with E-state index in [0.29, 0.717) is 5.92 Å². The van der Waals surface area contributed by atoms with Gasteiger partial charge in [0.1, 0.15) is 0 Å². The van der Waals surface area contributed by atoms with Crippen LogP contribution in [-0.4, -0.2) is 15.6 Å². The zero-order valence-corrected chi connectivity index (χ0v) is 8.08. The zero-order valence-electron chi connectivity index (χ0n) is 8.08. The summed E-state index contributed by atoms with van der Waals surface area (Å²) in [4.78, 5) is 11.3. The average molecular weight is 178 g/mol. The molecule has 13 heavy (non-hydrogen) atoms. The topological polar surface area (TPSA) is 34.9 Å². The molecule has 1 aliphatic rings. The molecule has 0 amide bonds. The van der Waals surface area contributed by atoms with Gasteiger partial charge < -0.3 is 0 Å². The van der Waals surface area contributed by atoms with Crippen LogP contribution in [0.3, 0.4) is 0 Å². The Morgan fingerprint density at radius 3 is 2.85 bits per heavy atom. The van der Waals surface area contributed by atoms with E-state index in [-0.39, 0.29) is 5.78 Å². The SMILES string of the molecule is CCn1cc(C(C)=O)c(C2CC2)n1. The molecule has 1 aromatic heterocycles. The molecule has 2 rings (SSSR count). The second kappa shape index (κ2) is 2.98. The van der Waals surface area contributed by atoms with Crippen molar-refractivity contribution in [1.82, 2.24) is 9.78 Å². The molecule has 0 unspecified atom stereocenters. The Morgan fingerprint density at radius 2 is 2.38 bits per heavy atom. The van der Waals surface area contributed by atoms with Gasteiger partial charge in [-0.05, 0) is 26.7 Å². The number of hydrogen-bond donors (Lipinski definition) is 0. The van der Waals surface area contributed by atoms with Crippen LogP contribution in [0.2, 0.25) is 0 Å². The minimum absolute atomic E-state index is 0.140. The fourth-order valence-electron chi connectivity index (χ4n) is 1.53. The largest absolute Gasteiger partial charge is 0.294 e. The first-order chi connectivity index (χ1) is 6.22. The highest BCUT2D eigenvalue weighted by atomic mass is 16.1. The van der Waals surface area contributed by atoms with E-state index in [0.717, 1.165) is 17.8 Å². The molecule has 0 aromatic carbocycles. The van der Waals surface area contributed by atoms with Gasteiger partial charge in [0.05, 0.1) is 11.3 Å². The third kappa shape index (κ3) is 1.50. The van der Waals surface area contributed by atoms with Gasteiger partial charge in [0.2, 0.25) is 0 Å². The van der Waals surface area contributed by atoms with E-state index in [1.807, 2.05) is 17.8 Å².